The number of rotatable bonds is 5. The smallest absolute Gasteiger partial charge is 0.115 e. The Bertz CT molecular complexity index is 553. The van der Waals surface area contributed by atoms with Crippen molar-refractivity contribution in [3.8, 4) is 5.75 Å². The van der Waals surface area contributed by atoms with E-state index in [9.17, 15) is 5.11 Å². The van der Waals surface area contributed by atoms with Crippen molar-refractivity contribution in [2.75, 3.05) is 13.1 Å². The molecule has 2 bridgehead atoms. The maximum atomic E-state index is 9.89. The van der Waals surface area contributed by atoms with Gasteiger partial charge < -0.3 is 5.11 Å². The number of piperidine rings is 1. The minimum absolute atomic E-state index is 0.217. The Morgan fingerprint density at radius 1 is 1.41 bits per heavy atom. The molecule has 0 aromatic heterocycles. The summed E-state index contributed by atoms with van der Waals surface area (Å²) in [4.78, 5) is 2.71. The van der Waals surface area contributed by atoms with Gasteiger partial charge in [-0.15, -0.1) is 6.58 Å². The van der Waals surface area contributed by atoms with Crippen LogP contribution in [0.25, 0.3) is 0 Å². The number of likely N-dealkylation sites (tertiary alicyclic amines) is 1. The third-order valence-corrected chi connectivity index (χ3v) is 6.21. The van der Waals surface area contributed by atoms with E-state index >= 15 is 0 Å². The zero-order valence-corrected chi connectivity index (χ0v) is 14.0. The van der Waals surface area contributed by atoms with E-state index in [4.69, 9.17) is 0 Å². The SMILES string of the molecule is C=CCCCCN1CC[C@]2(C)c3cc(O)ccc3CC1[C@@H]2C. The van der Waals surface area contributed by atoms with Gasteiger partial charge >= 0.3 is 0 Å². The number of hydrogen-bond donors (Lipinski definition) is 1. The number of nitrogens with zero attached hydrogens (tertiary/aromatic N) is 1. The molecule has 2 nitrogen and oxygen atoms in total. The number of phenolic OH excluding ortho intramolecular Hbond substituents is 1. The molecule has 0 saturated carbocycles. The molecule has 1 aromatic carbocycles. The first-order valence-electron chi connectivity index (χ1n) is 8.73. The molecule has 1 heterocycles. The van der Waals surface area contributed by atoms with Crippen LogP contribution in [-0.4, -0.2) is 29.1 Å². The van der Waals surface area contributed by atoms with Gasteiger partial charge in [0, 0.05) is 6.04 Å². The number of unbranched alkanes of at least 4 members (excludes halogenated alkanes) is 2. The maximum Gasteiger partial charge on any atom is 0.115 e. The third-order valence-electron chi connectivity index (χ3n) is 6.21. The van der Waals surface area contributed by atoms with Crippen molar-refractivity contribution in [2.24, 2.45) is 5.92 Å². The summed E-state index contributed by atoms with van der Waals surface area (Å²) in [6, 6.07) is 6.66. The highest BCUT2D eigenvalue weighted by Gasteiger charge is 2.48. The van der Waals surface area contributed by atoms with Crippen molar-refractivity contribution >= 4 is 0 Å². The van der Waals surface area contributed by atoms with Crippen LogP contribution in [0.3, 0.4) is 0 Å². The van der Waals surface area contributed by atoms with Gasteiger partial charge in [-0.05, 0) is 79.8 Å². The molecule has 1 fully saturated rings. The molecule has 1 aromatic rings. The van der Waals surface area contributed by atoms with Crippen LogP contribution >= 0.6 is 0 Å². The van der Waals surface area contributed by atoms with E-state index in [2.05, 4.69) is 31.4 Å². The second-order valence-electron chi connectivity index (χ2n) is 7.39. The minimum Gasteiger partial charge on any atom is -0.508 e. The molecule has 120 valence electrons. The normalized spacial score (nSPS) is 30.8. The summed E-state index contributed by atoms with van der Waals surface area (Å²) in [7, 11) is 0. The van der Waals surface area contributed by atoms with Gasteiger partial charge in [0.15, 0.2) is 0 Å². The molecule has 0 radical (unpaired) electrons. The Labute approximate surface area is 134 Å². The Kier molecular flexibility index (Phi) is 4.31. The molecule has 1 aliphatic carbocycles. The molecule has 3 rings (SSSR count). The number of phenols is 1. The first-order valence-corrected chi connectivity index (χ1v) is 8.73. The first-order chi connectivity index (χ1) is 10.6. The zero-order chi connectivity index (χ0) is 15.7. The van der Waals surface area contributed by atoms with Gasteiger partial charge in [-0.25, -0.2) is 0 Å². The number of hydrogen-bond acceptors (Lipinski definition) is 2. The predicted octanol–water partition coefficient (Wildman–Crippen LogP) is 4.27. The predicted molar refractivity (Wildman–Crippen MR) is 92.4 cm³/mol. The van der Waals surface area contributed by atoms with Gasteiger partial charge in [0.25, 0.3) is 0 Å². The van der Waals surface area contributed by atoms with E-state index in [1.165, 1.54) is 43.5 Å². The summed E-state index contributed by atoms with van der Waals surface area (Å²) >= 11 is 0. The molecule has 1 N–H and O–H groups in total. The minimum atomic E-state index is 0.217. The quantitative estimate of drug-likeness (QED) is 0.648. The van der Waals surface area contributed by atoms with Crippen LogP contribution in [0.5, 0.6) is 5.75 Å². The van der Waals surface area contributed by atoms with Crippen molar-refractivity contribution in [3.63, 3.8) is 0 Å². The van der Waals surface area contributed by atoms with Gasteiger partial charge in [0.1, 0.15) is 5.75 Å². The molecule has 3 atom stereocenters. The van der Waals surface area contributed by atoms with Crippen LogP contribution in [-0.2, 0) is 11.8 Å². The van der Waals surface area contributed by atoms with Gasteiger partial charge in [-0.3, -0.25) is 4.90 Å². The molecular formula is C20H29NO. The van der Waals surface area contributed by atoms with Gasteiger partial charge in [-0.2, -0.15) is 0 Å². The fourth-order valence-corrected chi connectivity index (χ4v) is 4.58. The Hall–Kier alpha value is -1.28. The highest BCUT2D eigenvalue weighted by Crippen LogP contribution is 2.49. The van der Waals surface area contributed by atoms with Crippen LogP contribution in [0.4, 0.5) is 0 Å². The van der Waals surface area contributed by atoms with Crippen molar-refractivity contribution in [1.82, 2.24) is 4.90 Å². The average Bonchev–Trinajstić information content (AvgIpc) is 2.50. The molecule has 0 amide bonds. The van der Waals surface area contributed by atoms with Gasteiger partial charge in [0.2, 0.25) is 0 Å². The standard InChI is InChI=1S/C20H29NO/c1-4-5-6-7-11-21-12-10-20(3)15(2)19(21)13-16-8-9-17(22)14-18(16)20/h4,8-9,14-15,19,22H,1,5-7,10-13H2,2-3H3/t15-,19?,20-/m0/s1. The van der Waals surface area contributed by atoms with E-state index in [1.807, 2.05) is 18.2 Å². The number of aromatic hydroxyl groups is 1. The number of allylic oxidation sites excluding steroid dienone is 1. The van der Waals surface area contributed by atoms with Crippen molar-refractivity contribution in [2.45, 2.75) is 57.4 Å². The summed E-state index contributed by atoms with van der Waals surface area (Å²) < 4.78 is 0. The summed E-state index contributed by atoms with van der Waals surface area (Å²) in [6.45, 7) is 11.0. The lowest BCUT2D eigenvalue weighted by Gasteiger charge is -2.54. The van der Waals surface area contributed by atoms with E-state index in [0.717, 1.165) is 12.8 Å². The second kappa shape index (κ2) is 6.08. The monoisotopic (exact) mass is 299 g/mol. The highest BCUT2D eigenvalue weighted by atomic mass is 16.3. The fraction of sp³-hybridized carbons (Fsp3) is 0.600. The van der Waals surface area contributed by atoms with E-state index in [1.54, 1.807) is 0 Å². The molecule has 1 unspecified atom stereocenters. The summed E-state index contributed by atoms with van der Waals surface area (Å²) in [5.41, 5.74) is 3.05. The Morgan fingerprint density at radius 3 is 3.00 bits per heavy atom. The molecule has 22 heavy (non-hydrogen) atoms. The summed E-state index contributed by atoms with van der Waals surface area (Å²) in [6.07, 6.45) is 8.01. The van der Waals surface area contributed by atoms with Crippen molar-refractivity contribution < 1.29 is 5.11 Å². The van der Waals surface area contributed by atoms with E-state index in [0.29, 0.717) is 17.7 Å². The van der Waals surface area contributed by atoms with Crippen LogP contribution in [0.1, 0.15) is 50.7 Å². The Balaban J connectivity index is 1.80. The summed E-state index contributed by atoms with van der Waals surface area (Å²) in [5, 5.41) is 9.89. The molecule has 1 aliphatic heterocycles. The van der Waals surface area contributed by atoms with E-state index in [-0.39, 0.29) is 5.41 Å². The fourth-order valence-electron chi connectivity index (χ4n) is 4.58. The number of benzene rings is 1. The molecule has 1 saturated heterocycles. The average molecular weight is 299 g/mol. The molecule has 0 spiro atoms. The largest absolute Gasteiger partial charge is 0.508 e. The second-order valence-corrected chi connectivity index (χ2v) is 7.39. The lowest BCUT2D eigenvalue weighted by Crippen LogP contribution is -2.58. The Morgan fingerprint density at radius 2 is 2.23 bits per heavy atom. The topological polar surface area (TPSA) is 23.5 Å². The molecule has 2 aliphatic rings. The van der Waals surface area contributed by atoms with Crippen LogP contribution in [0.2, 0.25) is 0 Å². The molecular weight excluding hydrogens is 270 g/mol. The summed E-state index contributed by atoms with van der Waals surface area (Å²) in [5.74, 6) is 1.06. The third kappa shape index (κ3) is 2.58. The number of fused-ring (bicyclic) bond motifs is 4. The van der Waals surface area contributed by atoms with Gasteiger partial charge in [0.05, 0.1) is 0 Å². The van der Waals surface area contributed by atoms with Crippen molar-refractivity contribution in [3.05, 3.63) is 42.0 Å². The lowest BCUT2D eigenvalue weighted by molar-refractivity contribution is 0.0304. The van der Waals surface area contributed by atoms with Crippen LogP contribution < -0.4 is 0 Å². The first kappa shape index (κ1) is 15.6. The van der Waals surface area contributed by atoms with Gasteiger partial charge in [-0.1, -0.05) is 26.0 Å². The lowest BCUT2D eigenvalue weighted by atomic mass is 9.59. The zero-order valence-electron chi connectivity index (χ0n) is 14.0. The molecule has 2 heteroatoms. The van der Waals surface area contributed by atoms with Crippen molar-refractivity contribution in [1.29, 1.82) is 0 Å². The van der Waals surface area contributed by atoms with E-state index < -0.39 is 0 Å². The van der Waals surface area contributed by atoms with Crippen LogP contribution in [0, 0.1) is 5.92 Å². The highest BCUT2D eigenvalue weighted by molar-refractivity contribution is 5.44. The maximum absolute atomic E-state index is 9.89. The van der Waals surface area contributed by atoms with Crippen LogP contribution in [0.15, 0.2) is 30.9 Å².